The molecule has 1 atom stereocenters. The average Bonchev–Trinajstić information content (AvgIpc) is 1.96. The summed E-state index contributed by atoms with van der Waals surface area (Å²) in [7, 11) is 0. The molecule has 0 aliphatic heterocycles. The van der Waals surface area contributed by atoms with Crippen molar-refractivity contribution in [3.8, 4) is 0 Å². The van der Waals surface area contributed by atoms with Crippen LogP contribution >= 0.6 is 12.2 Å². The molecule has 0 radical (unpaired) electrons. The van der Waals surface area contributed by atoms with Gasteiger partial charge in [0.15, 0.2) is 5.11 Å². The van der Waals surface area contributed by atoms with Gasteiger partial charge in [-0.05, 0) is 31.6 Å². The minimum atomic E-state index is -0.962. The average molecular weight is 191 g/mol. The lowest BCUT2D eigenvalue weighted by Crippen LogP contribution is -2.43. The normalized spacial score (nSPS) is 12.1. The summed E-state index contributed by atoms with van der Waals surface area (Å²) in [5, 5.41) is 11.1. The van der Waals surface area contributed by atoms with E-state index in [2.05, 4.69) is 17.5 Å². The maximum Gasteiger partial charge on any atom is 0.326 e. The molecule has 6 heteroatoms. The van der Waals surface area contributed by atoms with Crippen LogP contribution in [0.5, 0.6) is 0 Å². The van der Waals surface area contributed by atoms with Crippen LogP contribution in [0.4, 0.5) is 0 Å². The fourth-order valence-corrected chi connectivity index (χ4v) is 0.893. The summed E-state index contributed by atoms with van der Waals surface area (Å²) in [5.74, 6) is -0.962. The number of carboxylic acids is 1. The number of thiocarbonyl (C=S) groups is 1. The predicted octanol–water partition coefficient (Wildman–Crippen LogP) is -0.988. The molecule has 0 amide bonds. The molecule has 0 heterocycles. The van der Waals surface area contributed by atoms with Crippen LogP contribution in [-0.4, -0.2) is 28.8 Å². The van der Waals surface area contributed by atoms with Gasteiger partial charge in [-0.1, -0.05) is 0 Å². The van der Waals surface area contributed by atoms with Gasteiger partial charge in [0.1, 0.15) is 6.04 Å². The Bertz CT molecular complexity index is 174. The van der Waals surface area contributed by atoms with E-state index in [1.54, 1.807) is 0 Å². The molecule has 5 nitrogen and oxygen atoms in total. The molecule has 0 aromatic carbocycles. The maximum atomic E-state index is 10.5. The van der Waals surface area contributed by atoms with Gasteiger partial charge in [0.05, 0.1) is 0 Å². The van der Waals surface area contributed by atoms with Crippen LogP contribution in [-0.2, 0) is 4.79 Å². The van der Waals surface area contributed by atoms with E-state index in [1.165, 1.54) is 0 Å². The number of hydrogen-bond donors (Lipinski definition) is 4. The second-order valence-electron chi connectivity index (χ2n) is 2.33. The predicted molar refractivity (Wildman–Crippen MR) is 49.6 cm³/mol. The Morgan fingerprint density at radius 2 is 2.25 bits per heavy atom. The third-order valence-corrected chi connectivity index (χ3v) is 1.43. The summed E-state index contributed by atoms with van der Waals surface area (Å²) in [4.78, 5) is 10.5. The van der Waals surface area contributed by atoms with Gasteiger partial charge in [0.2, 0.25) is 0 Å². The molecule has 6 N–H and O–H groups in total. The zero-order valence-electron chi connectivity index (χ0n) is 6.62. The van der Waals surface area contributed by atoms with Gasteiger partial charge < -0.3 is 21.9 Å². The lowest BCUT2D eigenvalue weighted by molar-refractivity contribution is -0.139. The number of rotatable bonds is 5. The van der Waals surface area contributed by atoms with Gasteiger partial charge in [-0.2, -0.15) is 0 Å². The monoisotopic (exact) mass is 191 g/mol. The van der Waals surface area contributed by atoms with Crippen molar-refractivity contribution in [2.45, 2.75) is 18.9 Å². The van der Waals surface area contributed by atoms with Crippen molar-refractivity contribution in [1.82, 2.24) is 5.32 Å². The number of aliphatic carboxylic acids is 1. The Balaban J connectivity index is 3.87. The van der Waals surface area contributed by atoms with E-state index >= 15 is 0 Å². The minimum absolute atomic E-state index is 0.000536. The standard InChI is InChI=1S/C6H13N3O2S/c7-3-1-2-4(5(10)11)9-6(8)12/h4H,1-3,7H2,(H,10,11)(H3,8,9,12)/t4-/m1/s1. The zero-order chi connectivity index (χ0) is 9.56. The van der Waals surface area contributed by atoms with E-state index in [-0.39, 0.29) is 5.11 Å². The van der Waals surface area contributed by atoms with Gasteiger partial charge in [-0.3, -0.25) is 0 Å². The summed E-state index contributed by atoms with van der Waals surface area (Å²) in [6.45, 7) is 0.461. The first-order valence-electron chi connectivity index (χ1n) is 3.56. The Labute approximate surface area is 76.1 Å². The van der Waals surface area contributed by atoms with Gasteiger partial charge in [0.25, 0.3) is 0 Å². The highest BCUT2D eigenvalue weighted by Gasteiger charge is 2.15. The van der Waals surface area contributed by atoms with E-state index in [4.69, 9.17) is 16.6 Å². The first-order chi connectivity index (χ1) is 5.57. The third kappa shape index (κ3) is 4.86. The minimum Gasteiger partial charge on any atom is -0.480 e. The van der Waals surface area contributed by atoms with Gasteiger partial charge in [0, 0.05) is 0 Å². The molecule has 0 unspecified atom stereocenters. The lowest BCUT2D eigenvalue weighted by Gasteiger charge is -2.12. The first kappa shape index (κ1) is 11.1. The fourth-order valence-electron chi connectivity index (χ4n) is 0.751. The Hall–Kier alpha value is -0.880. The lowest BCUT2D eigenvalue weighted by atomic mass is 10.1. The molecule has 0 aliphatic rings. The summed E-state index contributed by atoms with van der Waals surface area (Å²) in [5.41, 5.74) is 10.4. The number of nitrogens with one attached hydrogen (secondary N) is 1. The second-order valence-corrected chi connectivity index (χ2v) is 2.77. The Kier molecular flexibility index (Phi) is 5.31. The van der Waals surface area contributed by atoms with Crippen LogP contribution in [0, 0.1) is 0 Å². The Morgan fingerprint density at radius 3 is 2.58 bits per heavy atom. The van der Waals surface area contributed by atoms with Crippen LogP contribution in [0.25, 0.3) is 0 Å². The van der Waals surface area contributed by atoms with E-state index in [0.717, 1.165) is 0 Å². The van der Waals surface area contributed by atoms with E-state index in [1.807, 2.05) is 0 Å². The molecule has 0 bridgehead atoms. The van der Waals surface area contributed by atoms with Crippen LogP contribution in [0.2, 0.25) is 0 Å². The maximum absolute atomic E-state index is 10.5. The van der Waals surface area contributed by atoms with Crippen molar-refractivity contribution in [2.24, 2.45) is 11.5 Å². The van der Waals surface area contributed by atoms with Gasteiger partial charge in [-0.15, -0.1) is 0 Å². The number of carboxylic acid groups (broad SMARTS) is 1. The summed E-state index contributed by atoms with van der Waals surface area (Å²) >= 11 is 4.51. The molecule has 0 fully saturated rings. The molecular formula is C6H13N3O2S. The zero-order valence-corrected chi connectivity index (χ0v) is 7.43. The number of nitrogens with two attached hydrogens (primary N) is 2. The molecule has 0 aliphatic carbocycles. The molecular weight excluding hydrogens is 178 g/mol. The van der Waals surface area contributed by atoms with Crippen LogP contribution < -0.4 is 16.8 Å². The fraction of sp³-hybridized carbons (Fsp3) is 0.667. The topological polar surface area (TPSA) is 101 Å². The van der Waals surface area contributed by atoms with Gasteiger partial charge >= 0.3 is 5.97 Å². The van der Waals surface area contributed by atoms with E-state index < -0.39 is 12.0 Å². The van der Waals surface area contributed by atoms with Crippen molar-refractivity contribution in [3.05, 3.63) is 0 Å². The van der Waals surface area contributed by atoms with Crippen LogP contribution in [0.15, 0.2) is 0 Å². The third-order valence-electron chi connectivity index (χ3n) is 1.31. The molecule has 12 heavy (non-hydrogen) atoms. The largest absolute Gasteiger partial charge is 0.480 e. The number of hydrogen-bond acceptors (Lipinski definition) is 3. The highest BCUT2D eigenvalue weighted by Crippen LogP contribution is 1.95. The Morgan fingerprint density at radius 1 is 1.67 bits per heavy atom. The molecule has 0 aromatic rings. The SMILES string of the molecule is NCCC[C@@H](NC(N)=S)C(=O)O. The molecule has 70 valence electrons. The van der Waals surface area contributed by atoms with Crippen molar-refractivity contribution in [1.29, 1.82) is 0 Å². The summed E-state index contributed by atoms with van der Waals surface area (Å²) in [6, 6.07) is -0.717. The summed E-state index contributed by atoms with van der Waals surface area (Å²) in [6.07, 6.45) is 1.07. The van der Waals surface area contributed by atoms with Crippen LogP contribution in [0.3, 0.4) is 0 Å². The molecule has 0 saturated carbocycles. The second kappa shape index (κ2) is 5.73. The van der Waals surface area contributed by atoms with Crippen molar-refractivity contribution >= 4 is 23.3 Å². The first-order valence-corrected chi connectivity index (χ1v) is 3.97. The molecule has 0 saturated heterocycles. The molecule has 0 aromatic heterocycles. The van der Waals surface area contributed by atoms with Crippen molar-refractivity contribution < 1.29 is 9.90 Å². The highest BCUT2D eigenvalue weighted by atomic mass is 32.1. The highest BCUT2D eigenvalue weighted by molar-refractivity contribution is 7.80. The van der Waals surface area contributed by atoms with Crippen molar-refractivity contribution in [3.63, 3.8) is 0 Å². The molecule has 0 rings (SSSR count). The molecule has 0 spiro atoms. The smallest absolute Gasteiger partial charge is 0.326 e. The quantitative estimate of drug-likeness (QED) is 0.416. The van der Waals surface area contributed by atoms with E-state index in [0.29, 0.717) is 19.4 Å². The van der Waals surface area contributed by atoms with Gasteiger partial charge in [-0.25, -0.2) is 4.79 Å². The summed E-state index contributed by atoms with van der Waals surface area (Å²) < 4.78 is 0. The number of carbonyl (C=O) groups is 1. The van der Waals surface area contributed by atoms with E-state index in [9.17, 15) is 4.79 Å². The van der Waals surface area contributed by atoms with Crippen molar-refractivity contribution in [2.75, 3.05) is 6.54 Å². The van der Waals surface area contributed by atoms with Crippen LogP contribution in [0.1, 0.15) is 12.8 Å².